The smallest absolute Gasteiger partial charge is 0.329 e. The second kappa shape index (κ2) is 5.45. The number of carboxylic acids is 1. The first-order valence-corrected chi connectivity index (χ1v) is 6.45. The van der Waals surface area contributed by atoms with Crippen LogP contribution in [0.3, 0.4) is 0 Å². The summed E-state index contributed by atoms with van der Waals surface area (Å²) in [5.41, 5.74) is 4.57. The maximum Gasteiger partial charge on any atom is 0.329 e. The van der Waals surface area contributed by atoms with Crippen molar-refractivity contribution in [3.63, 3.8) is 0 Å². The molecule has 1 aromatic rings. The van der Waals surface area contributed by atoms with E-state index in [1.54, 1.807) is 19.2 Å². The number of nitrogens with two attached hydrogens (primary N) is 1. The number of hydrogen-bond donors (Lipinski definition) is 3. The van der Waals surface area contributed by atoms with Crippen LogP contribution >= 0.6 is 11.3 Å². The summed E-state index contributed by atoms with van der Waals surface area (Å²) >= 11 is 1.28. The lowest BCUT2D eigenvalue weighted by Gasteiger charge is -2.23. The molecule has 1 aromatic heterocycles. The molecule has 4 N–H and O–H groups in total. The number of rotatable bonds is 5. The van der Waals surface area contributed by atoms with Gasteiger partial charge in [-0.15, -0.1) is 11.3 Å². The topological polar surface area (TPSA) is 105 Å². The number of amides is 1. The number of thiazole rings is 1. The molecule has 0 fully saturated rings. The van der Waals surface area contributed by atoms with Crippen LogP contribution in [-0.2, 0) is 4.79 Å². The van der Waals surface area contributed by atoms with Gasteiger partial charge in [-0.1, -0.05) is 6.92 Å². The van der Waals surface area contributed by atoms with Crippen LogP contribution in [-0.4, -0.2) is 27.5 Å². The second-order valence-electron chi connectivity index (χ2n) is 4.30. The van der Waals surface area contributed by atoms with E-state index in [9.17, 15) is 9.59 Å². The molecule has 7 heteroatoms. The Hall–Kier alpha value is -1.47. The first kappa shape index (κ1) is 14.6. The monoisotopic (exact) mass is 271 g/mol. The molecule has 6 nitrogen and oxygen atoms in total. The Morgan fingerprint density at radius 2 is 2.28 bits per heavy atom. The number of nitrogens with zero attached hydrogens (tertiary/aromatic N) is 1. The molecule has 2 atom stereocenters. The Kier molecular flexibility index (Phi) is 4.42. The van der Waals surface area contributed by atoms with Gasteiger partial charge in [0.05, 0.1) is 6.04 Å². The Morgan fingerprint density at radius 3 is 2.67 bits per heavy atom. The Labute approximate surface area is 109 Å². The maximum atomic E-state index is 11.9. The van der Waals surface area contributed by atoms with E-state index in [1.807, 2.05) is 0 Å². The fourth-order valence-electron chi connectivity index (χ4n) is 1.21. The number of aromatic nitrogens is 1. The molecule has 1 heterocycles. The van der Waals surface area contributed by atoms with Crippen molar-refractivity contribution >= 4 is 23.2 Å². The molecule has 0 saturated carbocycles. The average molecular weight is 271 g/mol. The summed E-state index contributed by atoms with van der Waals surface area (Å²) in [7, 11) is 0. The highest BCUT2D eigenvalue weighted by Crippen LogP contribution is 2.17. The van der Waals surface area contributed by atoms with Crippen molar-refractivity contribution in [2.45, 2.75) is 38.8 Å². The molecule has 0 aliphatic heterocycles. The van der Waals surface area contributed by atoms with Crippen LogP contribution in [0.5, 0.6) is 0 Å². The van der Waals surface area contributed by atoms with Crippen LogP contribution in [0.1, 0.15) is 48.7 Å². The molecule has 0 bridgehead atoms. The predicted molar refractivity (Wildman–Crippen MR) is 68.5 cm³/mol. The van der Waals surface area contributed by atoms with Gasteiger partial charge in [-0.25, -0.2) is 9.78 Å². The van der Waals surface area contributed by atoms with Crippen LogP contribution in [0.4, 0.5) is 0 Å². The van der Waals surface area contributed by atoms with E-state index >= 15 is 0 Å². The lowest BCUT2D eigenvalue weighted by Crippen LogP contribution is -2.51. The molecule has 100 valence electrons. The molecule has 0 aromatic carbocycles. The molecule has 2 unspecified atom stereocenters. The third-order valence-corrected chi connectivity index (χ3v) is 3.76. The lowest BCUT2D eigenvalue weighted by atomic mass is 9.99. The van der Waals surface area contributed by atoms with Gasteiger partial charge in [0, 0.05) is 5.38 Å². The van der Waals surface area contributed by atoms with Gasteiger partial charge in [0.1, 0.15) is 16.2 Å². The zero-order valence-corrected chi connectivity index (χ0v) is 11.4. The maximum absolute atomic E-state index is 11.9. The highest BCUT2D eigenvalue weighted by Gasteiger charge is 2.33. The van der Waals surface area contributed by atoms with Crippen LogP contribution < -0.4 is 11.1 Å². The highest BCUT2D eigenvalue weighted by atomic mass is 32.1. The van der Waals surface area contributed by atoms with Gasteiger partial charge < -0.3 is 16.2 Å². The summed E-state index contributed by atoms with van der Waals surface area (Å²) < 4.78 is 0. The minimum atomic E-state index is -1.28. The normalized spacial score (nSPS) is 15.8. The van der Waals surface area contributed by atoms with Crippen LogP contribution in [0.2, 0.25) is 0 Å². The molecular formula is C11H17N3O3S. The number of carboxylic acid groups (broad SMARTS) is 1. The van der Waals surface area contributed by atoms with Gasteiger partial charge in [-0.05, 0) is 20.3 Å². The molecule has 0 radical (unpaired) electrons. The van der Waals surface area contributed by atoms with Gasteiger partial charge in [0.15, 0.2) is 0 Å². The Morgan fingerprint density at radius 1 is 1.67 bits per heavy atom. The fourth-order valence-corrected chi connectivity index (χ4v) is 1.97. The summed E-state index contributed by atoms with van der Waals surface area (Å²) in [5, 5.41) is 13.8. The number of aliphatic carboxylic acids is 1. The Bertz CT molecular complexity index is 458. The van der Waals surface area contributed by atoms with Crippen molar-refractivity contribution in [1.29, 1.82) is 0 Å². The van der Waals surface area contributed by atoms with Crippen molar-refractivity contribution in [3.8, 4) is 0 Å². The zero-order valence-electron chi connectivity index (χ0n) is 10.6. The van der Waals surface area contributed by atoms with E-state index in [0.717, 1.165) is 0 Å². The van der Waals surface area contributed by atoms with Gasteiger partial charge >= 0.3 is 5.97 Å². The van der Waals surface area contributed by atoms with Crippen LogP contribution in [0.15, 0.2) is 5.38 Å². The molecule has 0 saturated heterocycles. The lowest BCUT2D eigenvalue weighted by molar-refractivity contribution is -0.143. The van der Waals surface area contributed by atoms with E-state index < -0.39 is 17.4 Å². The van der Waals surface area contributed by atoms with Gasteiger partial charge in [-0.3, -0.25) is 4.79 Å². The number of carbonyl (C=O) groups is 2. The number of carbonyl (C=O) groups excluding carboxylic acids is 1. The number of hydrogen-bond acceptors (Lipinski definition) is 5. The van der Waals surface area contributed by atoms with Crippen LogP contribution in [0.25, 0.3) is 0 Å². The Balaban J connectivity index is 2.84. The first-order chi connectivity index (χ1) is 8.30. The molecule has 1 amide bonds. The van der Waals surface area contributed by atoms with Crippen molar-refractivity contribution < 1.29 is 14.7 Å². The summed E-state index contributed by atoms with van der Waals surface area (Å²) in [5.74, 6) is -1.56. The summed E-state index contributed by atoms with van der Waals surface area (Å²) in [4.78, 5) is 27.0. The van der Waals surface area contributed by atoms with Crippen molar-refractivity contribution in [3.05, 3.63) is 16.1 Å². The van der Waals surface area contributed by atoms with Crippen molar-refractivity contribution in [2.75, 3.05) is 0 Å². The van der Waals surface area contributed by atoms with E-state index in [4.69, 9.17) is 10.8 Å². The minimum absolute atomic E-state index is 0.202. The standard InChI is InChI=1S/C11H17N3O3S/c1-4-11(3,10(16)17)14-8(15)7-5-18-9(13-7)6(2)12/h5-6H,4,12H2,1-3H3,(H,14,15)(H,16,17). The largest absolute Gasteiger partial charge is 0.480 e. The molecule has 0 aliphatic rings. The number of nitrogens with one attached hydrogen (secondary N) is 1. The quantitative estimate of drug-likeness (QED) is 0.745. The molecule has 0 spiro atoms. The molecule has 1 rings (SSSR count). The molecule has 18 heavy (non-hydrogen) atoms. The van der Waals surface area contributed by atoms with E-state index in [2.05, 4.69) is 10.3 Å². The van der Waals surface area contributed by atoms with Crippen molar-refractivity contribution in [2.24, 2.45) is 5.73 Å². The fraction of sp³-hybridized carbons (Fsp3) is 0.545. The SMILES string of the molecule is CCC(C)(NC(=O)c1csc(C(C)N)n1)C(=O)O. The van der Waals surface area contributed by atoms with E-state index in [-0.39, 0.29) is 11.7 Å². The van der Waals surface area contributed by atoms with Gasteiger partial charge in [0.25, 0.3) is 5.91 Å². The highest BCUT2D eigenvalue weighted by molar-refractivity contribution is 7.09. The first-order valence-electron chi connectivity index (χ1n) is 5.57. The van der Waals surface area contributed by atoms with Gasteiger partial charge in [-0.2, -0.15) is 0 Å². The van der Waals surface area contributed by atoms with Crippen molar-refractivity contribution in [1.82, 2.24) is 10.3 Å². The molecular weight excluding hydrogens is 254 g/mol. The zero-order chi connectivity index (χ0) is 13.9. The van der Waals surface area contributed by atoms with E-state index in [1.165, 1.54) is 18.3 Å². The molecule has 0 aliphatic carbocycles. The second-order valence-corrected chi connectivity index (χ2v) is 5.19. The summed E-state index contributed by atoms with van der Waals surface area (Å²) in [6.45, 7) is 4.93. The van der Waals surface area contributed by atoms with Crippen LogP contribution in [0, 0.1) is 0 Å². The average Bonchev–Trinajstić information content (AvgIpc) is 2.77. The third-order valence-electron chi connectivity index (χ3n) is 2.71. The predicted octanol–water partition coefficient (Wildman–Crippen LogP) is 1.15. The minimum Gasteiger partial charge on any atom is -0.480 e. The van der Waals surface area contributed by atoms with Gasteiger partial charge in [0.2, 0.25) is 0 Å². The van der Waals surface area contributed by atoms with E-state index in [0.29, 0.717) is 11.4 Å². The summed E-state index contributed by atoms with van der Waals surface area (Å²) in [6.07, 6.45) is 0.290. The third kappa shape index (κ3) is 3.05. The summed E-state index contributed by atoms with van der Waals surface area (Å²) in [6, 6.07) is -0.242.